The van der Waals surface area contributed by atoms with E-state index >= 15 is 0 Å². The number of anilines is 2. The molecule has 0 radical (unpaired) electrons. The van der Waals surface area contributed by atoms with E-state index in [0.717, 1.165) is 12.0 Å². The zero-order valence-corrected chi connectivity index (χ0v) is 15.8. The first kappa shape index (κ1) is 18.2. The number of carbonyl (C=O) groups is 3. The lowest BCUT2D eigenvalue weighted by Gasteiger charge is -2.31. The summed E-state index contributed by atoms with van der Waals surface area (Å²) in [6.45, 7) is 2.63. The van der Waals surface area contributed by atoms with Gasteiger partial charge in [-0.1, -0.05) is 30.3 Å². The third kappa shape index (κ3) is 3.50. The first-order chi connectivity index (χ1) is 13.5. The molecule has 1 heterocycles. The van der Waals surface area contributed by atoms with Crippen LogP contribution in [0.4, 0.5) is 11.4 Å². The van der Waals surface area contributed by atoms with E-state index in [2.05, 4.69) is 16.7 Å². The number of hydrogen-bond acceptors (Lipinski definition) is 3. The van der Waals surface area contributed by atoms with Crippen LogP contribution in [0.15, 0.2) is 48.5 Å². The molecule has 2 aromatic carbocycles. The van der Waals surface area contributed by atoms with Crippen molar-refractivity contribution in [2.75, 3.05) is 17.2 Å². The van der Waals surface area contributed by atoms with Crippen molar-refractivity contribution in [1.82, 2.24) is 4.90 Å². The Morgan fingerprint density at radius 2 is 1.61 bits per heavy atom. The number of nitrogens with zero attached hydrogens (tertiary/aromatic N) is 1. The number of benzene rings is 2. The highest BCUT2D eigenvalue weighted by atomic mass is 16.2. The first-order valence-corrected chi connectivity index (χ1v) is 9.53. The molecule has 28 heavy (non-hydrogen) atoms. The Morgan fingerprint density at radius 3 is 2.29 bits per heavy atom. The molecule has 2 aliphatic rings. The highest BCUT2D eigenvalue weighted by Crippen LogP contribution is 2.48. The Kier molecular flexibility index (Phi) is 4.63. The van der Waals surface area contributed by atoms with Gasteiger partial charge in [-0.05, 0) is 48.6 Å². The zero-order valence-electron chi connectivity index (χ0n) is 15.8. The number of nitrogens with one attached hydrogen (secondary N) is 2. The predicted octanol–water partition coefficient (Wildman–Crippen LogP) is 2.95. The molecule has 3 amide bonds. The number of fused-ring (bicyclic) bond motifs is 1. The molecule has 1 saturated carbocycles. The minimum absolute atomic E-state index is 0.0856. The molecule has 0 saturated heterocycles. The topological polar surface area (TPSA) is 78.5 Å². The molecular weight excluding hydrogens is 354 g/mol. The van der Waals surface area contributed by atoms with Gasteiger partial charge in [-0.15, -0.1) is 0 Å². The van der Waals surface area contributed by atoms with Crippen molar-refractivity contribution in [2.24, 2.45) is 5.41 Å². The van der Waals surface area contributed by atoms with Crippen LogP contribution in [-0.4, -0.2) is 29.2 Å². The summed E-state index contributed by atoms with van der Waals surface area (Å²) in [5.74, 6) is -0.531. The van der Waals surface area contributed by atoms with Gasteiger partial charge in [0.2, 0.25) is 17.7 Å². The van der Waals surface area contributed by atoms with Crippen LogP contribution in [0.1, 0.15) is 30.9 Å². The summed E-state index contributed by atoms with van der Waals surface area (Å²) in [4.78, 5) is 39.1. The van der Waals surface area contributed by atoms with Crippen LogP contribution in [-0.2, 0) is 27.3 Å². The molecule has 2 N–H and O–H groups in total. The minimum Gasteiger partial charge on any atom is -0.337 e. The van der Waals surface area contributed by atoms with Gasteiger partial charge in [0, 0.05) is 31.4 Å². The summed E-state index contributed by atoms with van der Waals surface area (Å²) < 4.78 is 0. The molecular formula is C22H23N3O3. The fourth-order valence-corrected chi connectivity index (χ4v) is 3.76. The molecule has 1 aliphatic heterocycles. The Balaban J connectivity index is 1.46. The van der Waals surface area contributed by atoms with E-state index in [0.29, 0.717) is 37.3 Å². The van der Waals surface area contributed by atoms with Crippen molar-refractivity contribution < 1.29 is 14.4 Å². The van der Waals surface area contributed by atoms with Gasteiger partial charge in [0.05, 0.1) is 0 Å². The average molecular weight is 377 g/mol. The fourth-order valence-electron chi connectivity index (χ4n) is 3.76. The largest absolute Gasteiger partial charge is 0.337 e. The van der Waals surface area contributed by atoms with E-state index < -0.39 is 5.41 Å². The number of rotatable bonds is 4. The van der Waals surface area contributed by atoms with Crippen LogP contribution in [0.2, 0.25) is 0 Å². The normalized spacial score (nSPS) is 16.7. The van der Waals surface area contributed by atoms with Crippen LogP contribution in [0, 0.1) is 5.41 Å². The van der Waals surface area contributed by atoms with Gasteiger partial charge in [0.15, 0.2) is 0 Å². The number of carbonyl (C=O) groups excluding carboxylic acids is 3. The smallest absolute Gasteiger partial charge is 0.240 e. The van der Waals surface area contributed by atoms with Crippen molar-refractivity contribution in [2.45, 2.75) is 32.7 Å². The molecule has 0 spiro atoms. The molecule has 6 nitrogen and oxygen atoms in total. The Labute approximate surface area is 163 Å². The van der Waals surface area contributed by atoms with Gasteiger partial charge in [0.25, 0.3) is 0 Å². The maximum Gasteiger partial charge on any atom is 0.240 e. The van der Waals surface area contributed by atoms with Gasteiger partial charge < -0.3 is 15.5 Å². The average Bonchev–Trinajstić information content (AvgIpc) is 3.49. The second-order valence-corrected chi connectivity index (χ2v) is 7.54. The molecule has 144 valence electrons. The van der Waals surface area contributed by atoms with Crippen LogP contribution in [0.25, 0.3) is 0 Å². The first-order valence-electron chi connectivity index (χ1n) is 9.53. The fraction of sp³-hybridized carbons (Fsp3) is 0.318. The SMILES string of the molecule is CC(=O)Nc1cccc(NC(=O)C2(C(=O)N3CCc4ccccc4C3)CC2)c1. The molecule has 2 aromatic rings. The molecule has 0 atom stereocenters. The van der Waals surface area contributed by atoms with E-state index in [1.165, 1.54) is 12.5 Å². The molecule has 4 rings (SSSR count). The van der Waals surface area contributed by atoms with Gasteiger partial charge in [-0.2, -0.15) is 0 Å². The summed E-state index contributed by atoms with van der Waals surface area (Å²) >= 11 is 0. The van der Waals surface area contributed by atoms with E-state index in [9.17, 15) is 14.4 Å². The van der Waals surface area contributed by atoms with Gasteiger partial charge >= 0.3 is 0 Å². The third-order valence-electron chi connectivity index (χ3n) is 5.45. The second-order valence-electron chi connectivity index (χ2n) is 7.54. The molecule has 1 fully saturated rings. The van der Waals surface area contributed by atoms with Crippen LogP contribution in [0.5, 0.6) is 0 Å². The summed E-state index contributed by atoms with van der Waals surface area (Å²) in [7, 11) is 0. The summed E-state index contributed by atoms with van der Waals surface area (Å²) in [6, 6.07) is 15.1. The second kappa shape index (κ2) is 7.11. The van der Waals surface area contributed by atoms with Crippen molar-refractivity contribution in [1.29, 1.82) is 0 Å². The highest BCUT2D eigenvalue weighted by Gasteiger charge is 2.58. The molecule has 0 aromatic heterocycles. The maximum atomic E-state index is 13.1. The summed E-state index contributed by atoms with van der Waals surface area (Å²) in [6.07, 6.45) is 1.96. The van der Waals surface area contributed by atoms with Gasteiger partial charge in [-0.25, -0.2) is 0 Å². The Morgan fingerprint density at radius 1 is 0.929 bits per heavy atom. The van der Waals surface area contributed by atoms with E-state index in [1.54, 1.807) is 24.3 Å². The number of hydrogen-bond donors (Lipinski definition) is 2. The third-order valence-corrected chi connectivity index (χ3v) is 5.45. The van der Waals surface area contributed by atoms with Crippen molar-refractivity contribution in [3.05, 3.63) is 59.7 Å². The lowest BCUT2D eigenvalue weighted by molar-refractivity contribution is -0.143. The van der Waals surface area contributed by atoms with Gasteiger partial charge in [0.1, 0.15) is 5.41 Å². The summed E-state index contributed by atoms with van der Waals surface area (Å²) in [5, 5.41) is 5.55. The molecule has 0 unspecified atom stereocenters. The van der Waals surface area contributed by atoms with Crippen molar-refractivity contribution in [3.63, 3.8) is 0 Å². The standard InChI is InChI=1S/C22H23N3O3/c1-15(26)23-18-7-4-8-19(13-18)24-20(27)22(10-11-22)21(28)25-12-9-16-5-2-3-6-17(16)14-25/h2-8,13H,9-12,14H2,1H3,(H,23,26)(H,24,27). The molecule has 6 heteroatoms. The Hall–Kier alpha value is -3.15. The number of amides is 3. The van der Waals surface area contributed by atoms with E-state index in [-0.39, 0.29) is 17.7 Å². The maximum absolute atomic E-state index is 13.1. The lowest BCUT2D eigenvalue weighted by Crippen LogP contribution is -2.45. The van der Waals surface area contributed by atoms with Crippen LogP contribution in [0.3, 0.4) is 0 Å². The quantitative estimate of drug-likeness (QED) is 0.804. The van der Waals surface area contributed by atoms with Crippen LogP contribution >= 0.6 is 0 Å². The predicted molar refractivity (Wildman–Crippen MR) is 107 cm³/mol. The minimum atomic E-state index is -0.962. The van der Waals surface area contributed by atoms with Crippen molar-refractivity contribution in [3.8, 4) is 0 Å². The Bertz CT molecular complexity index is 950. The highest BCUT2D eigenvalue weighted by molar-refractivity contribution is 6.13. The monoisotopic (exact) mass is 377 g/mol. The van der Waals surface area contributed by atoms with Crippen LogP contribution < -0.4 is 10.6 Å². The molecule has 1 aliphatic carbocycles. The lowest BCUT2D eigenvalue weighted by atomic mass is 9.97. The van der Waals surface area contributed by atoms with E-state index in [1.807, 2.05) is 23.1 Å². The van der Waals surface area contributed by atoms with Crippen molar-refractivity contribution >= 4 is 29.1 Å². The van der Waals surface area contributed by atoms with E-state index in [4.69, 9.17) is 0 Å². The molecule has 0 bridgehead atoms. The van der Waals surface area contributed by atoms with Gasteiger partial charge in [-0.3, -0.25) is 14.4 Å². The zero-order chi connectivity index (χ0) is 19.7. The summed E-state index contributed by atoms with van der Waals surface area (Å²) in [5.41, 5.74) is 2.64.